The Bertz CT molecular complexity index is 133. The van der Waals surface area contributed by atoms with Gasteiger partial charge >= 0.3 is 0 Å². The SMILES string of the molecule is C[C@@H]1CC[C@@H]2CCCC[C@H]2N1. The predicted molar refractivity (Wildman–Crippen MR) is 47.6 cm³/mol. The molecule has 1 saturated heterocycles. The van der Waals surface area contributed by atoms with Crippen molar-refractivity contribution >= 4 is 0 Å². The lowest BCUT2D eigenvalue weighted by Gasteiger charge is -2.39. The van der Waals surface area contributed by atoms with E-state index in [0.717, 1.165) is 18.0 Å². The molecule has 64 valence electrons. The molecule has 0 amide bonds. The molecule has 2 rings (SSSR count). The highest BCUT2D eigenvalue weighted by molar-refractivity contribution is 4.87. The molecule has 0 bridgehead atoms. The fourth-order valence-electron chi connectivity index (χ4n) is 2.69. The zero-order chi connectivity index (χ0) is 7.68. The predicted octanol–water partition coefficient (Wildman–Crippen LogP) is 2.32. The fourth-order valence-corrected chi connectivity index (χ4v) is 2.69. The van der Waals surface area contributed by atoms with Crippen LogP contribution in [0.4, 0.5) is 0 Å². The van der Waals surface area contributed by atoms with Crippen LogP contribution in [-0.4, -0.2) is 12.1 Å². The summed E-state index contributed by atoms with van der Waals surface area (Å²) in [5.41, 5.74) is 0. The van der Waals surface area contributed by atoms with Crippen LogP contribution >= 0.6 is 0 Å². The van der Waals surface area contributed by atoms with E-state index in [4.69, 9.17) is 0 Å². The Hall–Kier alpha value is -0.0400. The maximum atomic E-state index is 3.72. The molecule has 3 atom stereocenters. The van der Waals surface area contributed by atoms with E-state index in [1.54, 1.807) is 0 Å². The first-order valence-corrected chi connectivity index (χ1v) is 5.12. The molecule has 11 heavy (non-hydrogen) atoms. The lowest BCUT2D eigenvalue weighted by molar-refractivity contribution is 0.182. The molecule has 0 aromatic rings. The average molecular weight is 153 g/mol. The molecule has 2 fully saturated rings. The second-order valence-electron chi connectivity index (χ2n) is 4.30. The number of nitrogens with one attached hydrogen (secondary N) is 1. The van der Waals surface area contributed by atoms with Gasteiger partial charge in [-0.25, -0.2) is 0 Å². The zero-order valence-electron chi connectivity index (χ0n) is 7.47. The summed E-state index contributed by atoms with van der Waals surface area (Å²) in [6.07, 6.45) is 8.76. The van der Waals surface area contributed by atoms with Crippen LogP contribution in [0, 0.1) is 5.92 Å². The summed E-state index contributed by atoms with van der Waals surface area (Å²) in [5, 5.41) is 3.72. The van der Waals surface area contributed by atoms with E-state index < -0.39 is 0 Å². The van der Waals surface area contributed by atoms with E-state index in [1.807, 2.05) is 0 Å². The highest BCUT2D eigenvalue weighted by Crippen LogP contribution is 2.31. The Morgan fingerprint density at radius 3 is 2.73 bits per heavy atom. The lowest BCUT2D eigenvalue weighted by atomic mass is 9.78. The Labute approximate surface area is 69.6 Å². The molecule has 1 heteroatoms. The van der Waals surface area contributed by atoms with Gasteiger partial charge in [-0.3, -0.25) is 0 Å². The maximum absolute atomic E-state index is 3.72. The quantitative estimate of drug-likeness (QED) is 0.563. The summed E-state index contributed by atoms with van der Waals surface area (Å²) < 4.78 is 0. The summed E-state index contributed by atoms with van der Waals surface area (Å²) in [7, 11) is 0. The van der Waals surface area contributed by atoms with Gasteiger partial charge in [-0.15, -0.1) is 0 Å². The van der Waals surface area contributed by atoms with Crippen molar-refractivity contribution in [3.8, 4) is 0 Å². The van der Waals surface area contributed by atoms with Gasteiger partial charge in [0.25, 0.3) is 0 Å². The van der Waals surface area contributed by atoms with Crippen molar-refractivity contribution in [2.45, 2.75) is 57.5 Å². The molecule has 0 aromatic carbocycles. The van der Waals surface area contributed by atoms with Gasteiger partial charge in [-0.05, 0) is 38.5 Å². The van der Waals surface area contributed by atoms with Gasteiger partial charge in [0.1, 0.15) is 0 Å². The van der Waals surface area contributed by atoms with Gasteiger partial charge in [-0.2, -0.15) is 0 Å². The first-order valence-electron chi connectivity index (χ1n) is 5.12. The second kappa shape index (κ2) is 3.14. The maximum Gasteiger partial charge on any atom is 0.00978 e. The molecular weight excluding hydrogens is 134 g/mol. The van der Waals surface area contributed by atoms with Crippen LogP contribution in [0.15, 0.2) is 0 Å². The highest BCUT2D eigenvalue weighted by atomic mass is 15.0. The zero-order valence-corrected chi connectivity index (χ0v) is 7.47. The third kappa shape index (κ3) is 1.58. The molecule has 2 aliphatic rings. The van der Waals surface area contributed by atoms with Crippen molar-refractivity contribution in [1.82, 2.24) is 5.32 Å². The van der Waals surface area contributed by atoms with Crippen LogP contribution in [0.2, 0.25) is 0 Å². The smallest absolute Gasteiger partial charge is 0.00978 e. The summed E-state index contributed by atoms with van der Waals surface area (Å²) in [4.78, 5) is 0. The molecule has 1 aliphatic carbocycles. The molecule has 1 nitrogen and oxygen atoms in total. The Kier molecular flexibility index (Phi) is 2.17. The summed E-state index contributed by atoms with van der Waals surface area (Å²) in [5.74, 6) is 1.03. The van der Waals surface area contributed by atoms with Crippen LogP contribution in [0.1, 0.15) is 45.4 Å². The van der Waals surface area contributed by atoms with Crippen molar-refractivity contribution in [1.29, 1.82) is 0 Å². The topological polar surface area (TPSA) is 12.0 Å². The minimum Gasteiger partial charge on any atom is -0.311 e. The van der Waals surface area contributed by atoms with Crippen LogP contribution in [0.3, 0.4) is 0 Å². The van der Waals surface area contributed by atoms with Gasteiger partial charge in [0, 0.05) is 12.1 Å². The van der Waals surface area contributed by atoms with E-state index in [2.05, 4.69) is 12.2 Å². The van der Waals surface area contributed by atoms with Crippen LogP contribution < -0.4 is 5.32 Å². The molecule has 0 aromatic heterocycles. The van der Waals surface area contributed by atoms with Crippen molar-refractivity contribution in [2.75, 3.05) is 0 Å². The highest BCUT2D eigenvalue weighted by Gasteiger charge is 2.29. The van der Waals surface area contributed by atoms with Gasteiger partial charge in [-0.1, -0.05) is 12.8 Å². The Balaban J connectivity index is 1.93. The standard InChI is InChI=1S/C10H19N/c1-8-6-7-9-4-2-3-5-10(9)11-8/h8-11H,2-7H2,1H3/t8-,9+,10-/m1/s1. The number of rotatable bonds is 0. The van der Waals surface area contributed by atoms with Crippen LogP contribution in [-0.2, 0) is 0 Å². The van der Waals surface area contributed by atoms with Crippen LogP contribution in [0.25, 0.3) is 0 Å². The average Bonchev–Trinajstić information content (AvgIpc) is 2.04. The molecule has 1 saturated carbocycles. The number of fused-ring (bicyclic) bond motifs is 1. The van der Waals surface area contributed by atoms with E-state index in [-0.39, 0.29) is 0 Å². The van der Waals surface area contributed by atoms with E-state index in [9.17, 15) is 0 Å². The lowest BCUT2D eigenvalue weighted by Crippen LogP contribution is -2.47. The number of hydrogen-bond donors (Lipinski definition) is 1. The first kappa shape index (κ1) is 7.60. The molecular formula is C10H19N. The number of hydrogen-bond acceptors (Lipinski definition) is 1. The third-order valence-electron chi connectivity index (χ3n) is 3.38. The molecule has 0 unspecified atom stereocenters. The second-order valence-corrected chi connectivity index (χ2v) is 4.30. The summed E-state index contributed by atoms with van der Waals surface area (Å²) in [6, 6.07) is 1.67. The molecule has 1 aliphatic heterocycles. The van der Waals surface area contributed by atoms with E-state index in [1.165, 1.54) is 38.5 Å². The van der Waals surface area contributed by atoms with Crippen molar-refractivity contribution in [3.63, 3.8) is 0 Å². The van der Waals surface area contributed by atoms with Crippen LogP contribution in [0.5, 0.6) is 0 Å². The normalized spacial score (nSPS) is 45.0. The molecule has 0 radical (unpaired) electrons. The summed E-state index contributed by atoms with van der Waals surface area (Å²) >= 11 is 0. The van der Waals surface area contributed by atoms with E-state index >= 15 is 0 Å². The van der Waals surface area contributed by atoms with Gasteiger partial charge in [0.15, 0.2) is 0 Å². The monoisotopic (exact) mass is 153 g/mol. The first-order chi connectivity index (χ1) is 5.36. The fraction of sp³-hybridized carbons (Fsp3) is 1.00. The molecule has 1 N–H and O–H groups in total. The Morgan fingerprint density at radius 2 is 1.82 bits per heavy atom. The summed E-state index contributed by atoms with van der Waals surface area (Å²) in [6.45, 7) is 2.32. The van der Waals surface area contributed by atoms with Gasteiger partial charge in [0.05, 0.1) is 0 Å². The molecule has 1 heterocycles. The third-order valence-corrected chi connectivity index (χ3v) is 3.38. The molecule has 0 spiro atoms. The largest absolute Gasteiger partial charge is 0.311 e. The Morgan fingerprint density at radius 1 is 1.00 bits per heavy atom. The minimum atomic E-state index is 0.786. The van der Waals surface area contributed by atoms with E-state index in [0.29, 0.717) is 0 Å². The van der Waals surface area contributed by atoms with Gasteiger partial charge < -0.3 is 5.32 Å². The van der Waals surface area contributed by atoms with Crippen molar-refractivity contribution < 1.29 is 0 Å². The van der Waals surface area contributed by atoms with Crippen molar-refractivity contribution in [3.05, 3.63) is 0 Å². The van der Waals surface area contributed by atoms with Gasteiger partial charge in [0.2, 0.25) is 0 Å². The minimum absolute atomic E-state index is 0.786. The number of piperidine rings is 1. The van der Waals surface area contributed by atoms with Crippen molar-refractivity contribution in [2.24, 2.45) is 5.92 Å².